The molecule has 5 nitrogen and oxygen atoms in total. The molecule has 0 heterocycles. The molecular formula is C18H19NO4. The third-order valence-electron chi connectivity index (χ3n) is 3.32. The van der Waals surface area contributed by atoms with Crippen LogP contribution in [0.1, 0.15) is 27.0 Å². The van der Waals surface area contributed by atoms with Crippen molar-refractivity contribution in [1.29, 1.82) is 0 Å². The van der Waals surface area contributed by atoms with E-state index in [1.807, 2.05) is 32.0 Å². The van der Waals surface area contributed by atoms with Crippen molar-refractivity contribution in [3.63, 3.8) is 0 Å². The highest BCUT2D eigenvalue weighted by Crippen LogP contribution is 2.18. The number of carboxylic acids is 1. The number of carbonyl (C=O) groups is 2. The van der Waals surface area contributed by atoms with Gasteiger partial charge in [-0.1, -0.05) is 12.1 Å². The Morgan fingerprint density at radius 3 is 2.30 bits per heavy atom. The van der Waals surface area contributed by atoms with Gasteiger partial charge in [-0.25, -0.2) is 4.79 Å². The molecule has 0 aliphatic rings. The van der Waals surface area contributed by atoms with Gasteiger partial charge in [0.05, 0.1) is 5.56 Å². The van der Waals surface area contributed by atoms with E-state index >= 15 is 0 Å². The Bertz CT molecular complexity index is 732. The van der Waals surface area contributed by atoms with Crippen molar-refractivity contribution in [3.05, 3.63) is 58.7 Å². The average Bonchev–Trinajstić information content (AvgIpc) is 2.46. The van der Waals surface area contributed by atoms with Gasteiger partial charge < -0.3 is 15.2 Å². The standard InChI is InChI=1S/C18H19NO4/c1-11-6-12(2)8-15(7-11)23-10-17(20)19-16-9-14(18(21)22)5-4-13(16)3/h4-9H,10H2,1-3H3,(H,19,20)(H,21,22). The lowest BCUT2D eigenvalue weighted by Gasteiger charge is -2.11. The van der Waals surface area contributed by atoms with Gasteiger partial charge in [0, 0.05) is 5.69 Å². The van der Waals surface area contributed by atoms with E-state index in [2.05, 4.69) is 5.32 Å². The summed E-state index contributed by atoms with van der Waals surface area (Å²) in [7, 11) is 0. The second-order valence-electron chi connectivity index (χ2n) is 5.50. The molecule has 23 heavy (non-hydrogen) atoms. The highest BCUT2D eigenvalue weighted by atomic mass is 16.5. The van der Waals surface area contributed by atoms with Gasteiger partial charge in [-0.2, -0.15) is 0 Å². The van der Waals surface area contributed by atoms with E-state index < -0.39 is 5.97 Å². The first-order valence-corrected chi connectivity index (χ1v) is 7.20. The van der Waals surface area contributed by atoms with E-state index in [4.69, 9.17) is 9.84 Å². The number of aromatic carboxylic acids is 1. The summed E-state index contributed by atoms with van der Waals surface area (Å²) in [6.45, 7) is 5.58. The van der Waals surface area contributed by atoms with Crippen LogP contribution in [-0.2, 0) is 4.79 Å². The number of amides is 1. The number of hydrogen-bond acceptors (Lipinski definition) is 3. The highest BCUT2D eigenvalue weighted by Gasteiger charge is 2.10. The number of benzene rings is 2. The fraction of sp³-hybridized carbons (Fsp3) is 0.222. The van der Waals surface area contributed by atoms with Crippen LogP contribution in [-0.4, -0.2) is 23.6 Å². The van der Waals surface area contributed by atoms with E-state index in [-0.39, 0.29) is 18.1 Å². The molecule has 2 aromatic rings. The molecular weight excluding hydrogens is 294 g/mol. The minimum absolute atomic E-state index is 0.126. The Hall–Kier alpha value is -2.82. The molecule has 120 valence electrons. The topological polar surface area (TPSA) is 75.6 Å². The normalized spacial score (nSPS) is 10.2. The Morgan fingerprint density at radius 2 is 1.70 bits per heavy atom. The smallest absolute Gasteiger partial charge is 0.335 e. The minimum atomic E-state index is -1.04. The van der Waals surface area contributed by atoms with E-state index in [0.29, 0.717) is 11.4 Å². The summed E-state index contributed by atoms with van der Waals surface area (Å²) in [5.74, 6) is -0.740. The van der Waals surface area contributed by atoms with Crippen LogP contribution in [0.15, 0.2) is 36.4 Å². The number of anilines is 1. The number of carboxylic acid groups (broad SMARTS) is 1. The van der Waals surface area contributed by atoms with Crippen molar-refractivity contribution in [3.8, 4) is 5.75 Å². The number of aryl methyl sites for hydroxylation is 3. The third kappa shape index (κ3) is 4.57. The molecule has 0 saturated carbocycles. The maximum Gasteiger partial charge on any atom is 0.335 e. The van der Waals surface area contributed by atoms with Gasteiger partial charge in [0.1, 0.15) is 5.75 Å². The van der Waals surface area contributed by atoms with Crippen molar-refractivity contribution in [1.82, 2.24) is 0 Å². The second kappa shape index (κ2) is 6.96. The monoisotopic (exact) mass is 313 g/mol. The van der Waals surface area contributed by atoms with Crippen LogP contribution >= 0.6 is 0 Å². The van der Waals surface area contributed by atoms with Gasteiger partial charge in [-0.15, -0.1) is 0 Å². The molecule has 0 aliphatic heterocycles. The number of ether oxygens (including phenoxy) is 1. The van der Waals surface area contributed by atoms with Crippen molar-refractivity contribution < 1.29 is 19.4 Å². The van der Waals surface area contributed by atoms with Gasteiger partial charge in [-0.05, 0) is 61.7 Å². The molecule has 0 atom stereocenters. The number of hydrogen-bond donors (Lipinski definition) is 2. The van der Waals surface area contributed by atoms with Crippen LogP contribution in [0.3, 0.4) is 0 Å². The van der Waals surface area contributed by atoms with Gasteiger partial charge in [0.15, 0.2) is 6.61 Å². The van der Waals surface area contributed by atoms with Crippen LogP contribution in [0.5, 0.6) is 5.75 Å². The summed E-state index contributed by atoms with van der Waals surface area (Å²) >= 11 is 0. The van der Waals surface area contributed by atoms with E-state index in [1.54, 1.807) is 13.0 Å². The van der Waals surface area contributed by atoms with Crippen molar-refractivity contribution in [2.24, 2.45) is 0 Å². The van der Waals surface area contributed by atoms with Crippen molar-refractivity contribution >= 4 is 17.6 Å². The van der Waals surface area contributed by atoms with Gasteiger partial charge >= 0.3 is 5.97 Å². The maximum atomic E-state index is 12.0. The van der Waals surface area contributed by atoms with Crippen molar-refractivity contribution in [2.45, 2.75) is 20.8 Å². The maximum absolute atomic E-state index is 12.0. The quantitative estimate of drug-likeness (QED) is 0.888. The molecule has 0 radical (unpaired) electrons. The molecule has 1 amide bonds. The predicted molar refractivity (Wildman–Crippen MR) is 88.2 cm³/mol. The average molecular weight is 313 g/mol. The molecule has 0 spiro atoms. The third-order valence-corrected chi connectivity index (χ3v) is 3.32. The summed E-state index contributed by atoms with van der Waals surface area (Å²) in [6, 6.07) is 10.3. The summed E-state index contributed by atoms with van der Waals surface area (Å²) in [5.41, 5.74) is 3.51. The van der Waals surface area contributed by atoms with E-state index in [1.165, 1.54) is 12.1 Å². The van der Waals surface area contributed by atoms with Crippen LogP contribution in [0.2, 0.25) is 0 Å². The summed E-state index contributed by atoms with van der Waals surface area (Å²) in [5, 5.41) is 11.7. The molecule has 2 N–H and O–H groups in total. The largest absolute Gasteiger partial charge is 0.484 e. The highest BCUT2D eigenvalue weighted by molar-refractivity contribution is 5.95. The molecule has 0 unspecified atom stereocenters. The minimum Gasteiger partial charge on any atom is -0.484 e. The number of rotatable bonds is 5. The van der Waals surface area contributed by atoms with Gasteiger partial charge in [0.2, 0.25) is 0 Å². The first-order valence-electron chi connectivity index (χ1n) is 7.20. The lowest BCUT2D eigenvalue weighted by atomic mass is 10.1. The zero-order valence-electron chi connectivity index (χ0n) is 13.3. The van der Waals surface area contributed by atoms with Crippen LogP contribution in [0.4, 0.5) is 5.69 Å². The van der Waals surface area contributed by atoms with Gasteiger partial charge in [-0.3, -0.25) is 4.79 Å². The molecule has 0 saturated heterocycles. The lowest BCUT2D eigenvalue weighted by Crippen LogP contribution is -2.21. The SMILES string of the molecule is Cc1cc(C)cc(OCC(=O)Nc2cc(C(=O)O)ccc2C)c1. The first kappa shape index (κ1) is 16.5. The van der Waals surface area contributed by atoms with Crippen LogP contribution in [0, 0.1) is 20.8 Å². The summed E-state index contributed by atoms with van der Waals surface area (Å²) in [4.78, 5) is 23.0. The Labute approximate surface area is 134 Å². The molecule has 0 aromatic heterocycles. The van der Waals surface area contributed by atoms with E-state index in [9.17, 15) is 9.59 Å². The van der Waals surface area contributed by atoms with Crippen LogP contribution in [0.25, 0.3) is 0 Å². The molecule has 0 aliphatic carbocycles. The molecule has 0 bridgehead atoms. The number of nitrogens with one attached hydrogen (secondary N) is 1. The Kier molecular flexibility index (Phi) is 5.01. The van der Waals surface area contributed by atoms with Crippen molar-refractivity contribution in [2.75, 3.05) is 11.9 Å². The molecule has 2 aromatic carbocycles. The predicted octanol–water partition coefficient (Wildman–Crippen LogP) is 3.33. The second-order valence-corrected chi connectivity index (χ2v) is 5.50. The Balaban J connectivity index is 2.02. The first-order chi connectivity index (χ1) is 10.8. The number of carbonyl (C=O) groups excluding carboxylic acids is 1. The summed E-state index contributed by atoms with van der Waals surface area (Å²) in [6.07, 6.45) is 0. The van der Waals surface area contributed by atoms with E-state index in [0.717, 1.165) is 16.7 Å². The molecule has 5 heteroatoms. The van der Waals surface area contributed by atoms with Crippen LogP contribution < -0.4 is 10.1 Å². The molecule has 0 fully saturated rings. The molecule has 2 rings (SSSR count). The van der Waals surface area contributed by atoms with Gasteiger partial charge in [0.25, 0.3) is 5.91 Å². The zero-order valence-corrected chi connectivity index (χ0v) is 13.3. The lowest BCUT2D eigenvalue weighted by molar-refractivity contribution is -0.118. The summed E-state index contributed by atoms with van der Waals surface area (Å²) < 4.78 is 5.49. The Morgan fingerprint density at radius 1 is 1.04 bits per heavy atom. The fourth-order valence-electron chi connectivity index (χ4n) is 2.24. The zero-order chi connectivity index (χ0) is 17.0. The fourth-order valence-corrected chi connectivity index (χ4v) is 2.24.